The van der Waals surface area contributed by atoms with E-state index in [1.54, 1.807) is 29.2 Å². The van der Waals surface area contributed by atoms with Crippen molar-refractivity contribution in [1.82, 2.24) is 19.7 Å². The van der Waals surface area contributed by atoms with Crippen LogP contribution in [-0.4, -0.2) is 44.3 Å². The Morgan fingerprint density at radius 2 is 2.23 bits per heavy atom. The van der Waals surface area contributed by atoms with Gasteiger partial charge in [0.25, 0.3) is 11.8 Å². The standard InChI is InChI=1S/C20H22N6O4/c1-12-8-13(5-6-22-12)20-24-16(11-30-20)19(28)23-15-10-26(25-17(15)18(21)27)9-14-4-2-3-7-29-14/h5-6,8,10-11,14H,2-4,7,9H2,1H3,(H2,21,27)(H,23,28). The van der Waals surface area contributed by atoms with Gasteiger partial charge in [0.2, 0.25) is 5.89 Å². The number of aromatic nitrogens is 4. The minimum absolute atomic E-state index is 0.0184. The van der Waals surface area contributed by atoms with Gasteiger partial charge in [0.05, 0.1) is 18.3 Å². The van der Waals surface area contributed by atoms with Gasteiger partial charge in [-0.15, -0.1) is 0 Å². The number of oxazole rings is 1. The Kier molecular flexibility index (Phi) is 5.57. The number of hydrogen-bond acceptors (Lipinski definition) is 7. The zero-order valence-corrected chi connectivity index (χ0v) is 16.5. The van der Waals surface area contributed by atoms with Crippen molar-refractivity contribution < 1.29 is 18.7 Å². The molecule has 0 bridgehead atoms. The third-order valence-electron chi connectivity index (χ3n) is 4.79. The molecule has 1 unspecified atom stereocenters. The molecule has 1 aliphatic rings. The number of anilines is 1. The summed E-state index contributed by atoms with van der Waals surface area (Å²) in [5, 5.41) is 6.85. The van der Waals surface area contributed by atoms with Crippen LogP contribution in [0.1, 0.15) is 45.9 Å². The number of aryl methyl sites for hydroxylation is 1. The fourth-order valence-electron chi connectivity index (χ4n) is 3.32. The fourth-order valence-corrected chi connectivity index (χ4v) is 3.32. The van der Waals surface area contributed by atoms with Crippen LogP contribution in [0.3, 0.4) is 0 Å². The summed E-state index contributed by atoms with van der Waals surface area (Å²) in [6.07, 6.45) is 7.53. The van der Waals surface area contributed by atoms with E-state index < -0.39 is 11.8 Å². The molecule has 1 aliphatic heterocycles. The van der Waals surface area contributed by atoms with Crippen LogP contribution in [0, 0.1) is 6.92 Å². The number of nitrogens with zero attached hydrogens (tertiary/aromatic N) is 4. The predicted octanol–water partition coefficient (Wildman–Crippen LogP) is 2.16. The lowest BCUT2D eigenvalue weighted by Gasteiger charge is -2.22. The molecule has 10 heteroatoms. The predicted molar refractivity (Wildman–Crippen MR) is 107 cm³/mol. The molecule has 0 spiro atoms. The lowest BCUT2D eigenvalue weighted by Crippen LogP contribution is -2.25. The van der Waals surface area contributed by atoms with Crippen LogP contribution in [0.5, 0.6) is 0 Å². The van der Waals surface area contributed by atoms with E-state index in [1.807, 2.05) is 6.92 Å². The Labute approximate surface area is 172 Å². The monoisotopic (exact) mass is 410 g/mol. The van der Waals surface area contributed by atoms with Gasteiger partial charge in [-0.3, -0.25) is 19.3 Å². The van der Waals surface area contributed by atoms with Crippen LogP contribution in [0.4, 0.5) is 5.69 Å². The van der Waals surface area contributed by atoms with E-state index in [4.69, 9.17) is 14.9 Å². The molecule has 4 heterocycles. The van der Waals surface area contributed by atoms with Crippen molar-refractivity contribution in [2.75, 3.05) is 11.9 Å². The van der Waals surface area contributed by atoms with Gasteiger partial charge in [-0.1, -0.05) is 0 Å². The van der Waals surface area contributed by atoms with Crippen molar-refractivity contribution in [2.24, 2.45) is 5.73 Å². The molecule has 0 aliphatic carbocycles. The van der Waals surface area contributed by atoms with Crippen LogP contribution in [0.15, 0.2) is 35.2 Å². The first-order chi connectivity index (χ1) is 14.5. The maximum absolute atomic E-state index is 12.6. The summed E-state index contributed by atoms with van der Waals surface area (Å²) in [4.78, 5) is 32.8. The first-order valence-corrected chi connectivity index (χ1v) is 9.68. The van der Waals surface area contributed by atoms with Crippen LogP contribution < -0.4 is 11.1 Å². The number of carbonyl (C=O) groups excluding carboxylic acids is 2. The molecule has 3 aromatic heterocycles. The first-order valence-electron chi connectivity index (χ1n) is 9.68. The van der Waals surface area contributed by atoms with Crippen LogP contribution in [0.2, 0.25) is 0 Å². The number of carbonyl (C=O) groups is 2. The maximum atomic E-state index is 12.6. The molecule has 1 atom stereocenters. The smallest absolute Gasteiger partial charge is 0.277 e. The molecular formula is C20H22N6O4. The minimum atomic E-state index is -0.735. The molecule has 0 saturated carbocycles. The normalized spacial score (nSPS) is 16.4. The van der Waals surface area contributed by atoms with Gasteiger partial charge in [-0.2, -0.15) is 5.10 Å². The van der Waals surface area contributed by atoms with Crippen molar-refractivity contribution in [2.45, 2.75) is 38.8 Å². The lowest BCUT2D eigenvalue weighted by atomic mass is 10.1. The zero-order valence-electron chi connectivity index (χ0n) is 16.5. The Balaban J connectivity index is 1.50. The number of pyridine rings is 1. The van der Waals surface area contributed by atoms with Gasteiger partial charge in [0, 0.05) is 30.3 Å². The number of primary amides is 1. The summed E-state index contributed by atoms with van der Waals surface area (Å²) in [5.74, 6) is -0.973. The van der Waals surface area contributed by atoms with E-state index in [0.717, 1.165) is 25.0 Å². The molecule has 0 radical (unpaired) electrons. The highest BCUT2D eigenvalue weighted by molar-refractivity contribution is 6.07. The highest BCUT2D eigenvalue weighted by Gasteiger charge is 2.22. The topological polar surface area (TPSA) is 138 Å². The van der Waals surface area contributed by atoms with Crippen molar-refractivity contribution >= 4 is 17.5 Å². The largest absolute Gasteiger partial charge is 0.444 e. The van der Waals surface area contributed by atoms with Gasteiger partial charge in [-0.05, 0) is 38.3 Å². The summed E-state index contributed by atoms with van der Waals surface area (Å²) < 4.78 is 12.7. The van der Waals surface area contributed by atoms with Crippen molar-refractivity contribution in [3.05, 3.63) is 47.9 Å². The average molecular weight is 410 g/mol. The summed E-state index contributed by atoms with van der Waals surface area (Å²) in [7, 11) is 0. The number of hydrogen-bond donors (Lipinski definition) is 2. The lowest BCUT2D eigenvalue weighted by molar-refractivity contribution is 0.00394. The summed E-state index contributed by atoms with van der Waals surface area (Å²) in [6.45, 7) is 3.04. The molecule has 2 amide bonds. The van der Waals surface area contributed by atoms with Crippen LogP contribution in [-0.2, 0) is 11.3 Å². The average Bonchev–Trinajstić information content (AvgIpc) is 3.36. The minimum Gasteiger partial charge on any atom is -0.444 e. The van der Waals surface area contributed by atoms with Gasteiger partial charge >= 0.3 is 0 Å². The second-order valence-electron chi connectivity index (χ2n) is 7.14. The second kappa shape index (κ2) is 8.46. The summed E-state index contributed by atoms with van der Waals surface area (Å²) >= 11 is 0. The number of rotatable bonds is 6. The zero-order chi connectivity index (χ0) is 21.1. The van der Waals surface area contributed by atoms with E-state index >= 15 is 0 Å². The molecule has 156 valence electrons. The highest BCUT2D eigenvalue weighted by atomic mass is 16.5. The van der Waals surface area contributed by atoms with Gasteiger partial charge in [0.15, 0.2) is 11.4 Å². The van der Waals surface area contributed by atoms with Crippen molar-refractivity contribution in [1.29, 1.82) is 0 Å². The molecular weight excluding hydrogens is 388 g/mol. The third kappa shape index (κ3) is 4.38. The first kappa shape index (κ1) is 19.8. The van der Waals surface area contributed by atoms with Crippen molar-refractivity contribution in [3.63, 3.8) is 0 Å². The Morgan fingerprint density at radius 3 is 2.97 bits per heavy atom. The SMILES string of the molecule is Cc1cc(-c2nc(C(=O)Nc3cn(CC4CCCCO4)nc3C(N)=O)co2)ccn1. The van der Waals surface area contributed by atoms with E-state index in [1.165, 1.54) is 6.26 Å². The molecule has 0 aromatic carbocycles. The summed E-state index contributed by atoms with van der Waals surface area (Å²) in [5.41, 5.74) is 7.21. The molecule has 30 heavy (non-hydrogen) atoms. The number of nitrogens with one attached hydrogen (secondary N) is 1. The molecule has 1 saturated heterocycles. The quantitative estimate of drug-likeness (QED) is 0.635. The molecule has 10 nitrogen and oxygen atoms in total. The Hall–Kier alpha value is -3.53. The van der Waals surface area contributed by atoms with Gasteiger partial charge < -0.3 is 20.2 Å². The van der Waals surface area contributed by atoms with Gasteiger partial charge in [-0.25, -0.2) is 4.98 Å². The number of ether oxygens (including phenoxy) is 1. The summed E-state index contributed by atoms with van der Waals surface area (Å²) in [6, 6.07) is 3.54. The second-order valence-corrected chi connectivity index (χ2v) is 7.14. The molecule has 4 rings (SSSR count). The van der Waals surface area contributed by atoms with Gasteiger partial charge in [0.1, 0.15) is 6.26 Å². The van der Waals surface area contributed by atoms with Crippen LogP contribution >= 0.6 is 0 Å². The van der Waals surface area contributed by atoms with E-state index in [2.05, 4.69) is 20.4 Å². The highest BCUT2D eigenvalue weighted by Crippen LogP contribution is 2.21. The number of nitrogens with two attached hydrogens (primary N) is 1. The molecule has 3 N–H and O–H groups in total. The molecule has 1 fully saturated rings. The number of amides is 2. The van der Waals surface area contributed by atoms with E-state index in [-0.39, 0.29) is 23.2 Å². The fraction of sp³-hybridized carbons (Fsp3) is 0.350. The van der Waals surface area contributed by atoms with Crippen LogP contribution in [0.25, 0.3) is 11.5 Å². The maximum Gasteiger partial charge on any atom is 0.277 e. The Morgan fingerprint density at radius 1 is 1.37 bits per heavy atom. The Bertz CT molecular complexity index is 1070. The molecule has 3 aromatic rings. The third-order valence-corrected chi connectivity index (χ3v) is 4.79. The van der Waals surface area contributed by atoms with E-state index in [9.17, 15) is 9.59 Å². The van der Waals surface area contributed by atoms with E-state index in [0.29, 0.717) is 24.6 Å². The van der Waals surface area contributed by atoms with Crippen molar-refractivity contribution in [3.8, 4) is 11.5 Å².